The Balaban J connectivity index is 2.06. The van der Waals surface area contributed by atoms with Crippen molar-refractivity contribution in [3.8, 4) is 5.75 Å². The number of rotatable bonds is 3. The van der Waals surface area contributed by atoms with Crippen LogP contribution in [0.15, 0.2) is 48.7 Å². The molecule has 0 unspecified atom stereocenters. The van der Waals surface area contributed by atoms with E-state index >= 15 is 0 Å². The number of fused-ring (bicyclic) bond motifs is 1. The maximum Gasteiger partial charge on any atom is 0.258 e. The number of amides is 1. The van der Waals surface area contributed by atoms with Crippen LogP contribution in [0.3, 0.4) is 0 Å². The number of carbonyl (C=O) groups excluding carboxylic acids is 1. The summed E-state index contributed by atoms with van der Waals surface area (Å²) >= 11 is 12.2. The minimum atomic E-state index is -0.402. The van der Waals surface area contributed by atoms with Crippen LogP contribution in [0, 0.1) is 0 Å². The summed E-state index contributed by atoms with van der Waals surface area (Å²) in [5, 5.41) is 4.24. The van der Waals surface area contributed by atoms with Crippen molar-refractivity contribution in [3.05, 3.63) is 64.3 Å². The lowest BCUT2D eigenvalue weighted by Crippen LogP contribution is -2.13. The number of hydrogen-bond donors (Lipinski definition) is 1. The molecule has 0 bridgehead atoms. The lowest BCUT2D eigenvalue weighted by Gasteiger charge is -2.12. The number of carbonyl (C=O) groups is 1. The Morgan fingerprint density at radius 1 is 1.13 bits per heavy atom. The average Bonchev–Trinajstić information content (AvgIpc) is 2.54. The number of pyridine rings is 1. The third-order valence-corrected chi connectivity index (χ3v) is 3.98. The van der Waals surface area contributed by atoms with Gasteiger partial charge in [-0.15, -0.1) is 0 Å². The van der Waals surface area contributed by atoms with Gasteiger partial charge >= 0.3 is 0 Å². The van der Waals surface area contributed by atoms with Gasteiger partial charge in [-0.3, -0.25) is 9.78 Å². The smallest absolute Gasteiger partial charge is 0.258 e. The van der Waals surface area contributed by atoms with E-state index in [1.165, 1.54) is 0 Å². The first kappa shape index (κ1) is 15.6. The van der Waals surface area contributed by atoms with E-state index in [1.807, 2.05) is 18.2 Å². The van der Waals surface area contributed by atoms with Gasteiger partial charge in [0.25, 0.3) is 5.91 Å². The van der Waals surface area contributed by atoms with E-state index in [9.17, 15) is 4.79 Å². The van der Waals surface area contributed by atoms with Crippen molar-refractivity contribution in [1.29, 1.82) is 0 Å². The second-order valence-electron chi connectivity index (χ2n) is 4.80. The van der Waals surface area contributed by atoms with E-state index in [2.05, 4.69) is 10.3 Å². The first-order valence-corrected chi connectivity index (χ1v) is 7.54. The highest BCUT2D eigenvalue weighted by Crippen LogP contribution is 2.30. The molecule has 1 N–H and O–H groups in total. The van der Waals surface area contributed by atoms with Crippen LogP contribution in [0.5, 0.6) is 5.75 Å². The summed E-state index contributed by atoms with van der Waals surface area (Å²) in [6, 6.07) is 12.2. The van der Waals surface area contributed by atoms with Crippen LogP contribution < -0.4 is 10.1 Å². The third-order valence-electron chi connectivity index (χ3n) is 3.35. The summed E-state index contributed by atoms with van der Waals surface area (Å²) in [6.07, 6.45) is 1.66. The number of methoxy groups -OCH3 is 1. The first-order valence-electron chi connectivity index (χ1n) is 6.78. The van der Waals surface area contributed by atoms with E-state index in [0.29, 0.717) is 17.0 Å². The van der Waals surface area contributed by atoms with Crippen LogP contribution in [-0.2, 0) is 0 Å². The number of hydrogen-bond acceptors (Lipinski definition) is 3. The molecule has 0 atom stereocenters. The predicted octanol–water partition coefficient (Wildman–Crippen LogP) is 4.80. The Morgan fingerprint density at radius 2 is 1.87 bits per heavy atom. The molecule has 0 spiro atoms. The molecule has 1 heterocycles. The van der Waals surface area contributed by atoms with E-state index in [0.717, 1.165) is 5.39 Å². The van der Waals surface area contributed by atoms with E-state index in [4.69, 9.17) is 27.9 Å². The zero-order chi connectivity index (χ0) is 16.4. The summed E-state index contributed by atoms with van der Waals surface area (Å²) in [7, 11) is 1.56. The van der Waals surface area contributed by atoms with Crippen molar-refractivity contribution in [2.24, 2.45) is 0 Å². The molecule has 4 nitrogen and oxygen atoms in total. The topological polar surface area (TPSA) is 51.2 Å². The van der Waals surface area contributed by atoms with Gasteiger partial charge in [0.15, 0.2) is 0 Å². The second-order valence-corrected chi connectivity index (χ2v) is 5.62. The molecule has 1 amide bonds. The van der Waals surface area contributed by atoms with Gasteiger partial charge in [0, 0.05) is 17.6 Å². The summed E-state index contributed by atoms with van der Waals surface area (Å²) < 4.78 is 5.27. The van der Waals surface area contributed by atoms with Crippen LogP contribution in [0.4, 0.5) is 5.69 Å². The fourth-order valence-corrected chi connectivity index (χ4v) is 2.85. The largest absolute Gasteiger partial charge is 0.497 e. The fraction of sp³-hybridized carbons (Fsp3) is 0.0588. The van der Waals surface area contributed by atoms with Crippen molar-refractivity contribution >= 4 is 45.7 Å². The third kappa shape index (κ3) is 3.09. The molecule has 0 aliphatic rings. The van der Waals surface area contributed by atoms with Gasteiger partial charge < -0.3 is 10.1 Å². The first-order chi connectivity index (χ1) is 11.1. The van der Waals surface area contributed by atoms with Gasteiger partial charge in [0.2, 0.25) is 0 Å². The Morgan fingerprint density at radius 3 is 2.57 bits per heavy atom. The Hall–Kier alpha value is -2.30. The van der Waals surface area contributed by atoms with Crippen LogP contribution >= 0.6 is 23.2 Å². The molecular weight excluding hydrogens is 335 g/mol. The van der Waals surface area contributed by atoms with Crippen molar-refractivity contribution in [3.63, 3.8) is 0 Å². The van der Waals surface area contributed by atoms with Crippen molar-refractivity contribution < 1.29 is 9.53 Å². The van der Waals surface area contributed by atoms with Crippen LogP contribution in [-0.4, -0.2) is 18.0 Å². The van der Waals surface area contributed by atoms with Gasteiger partial charge in [-0.25, -0.2) is 0 Å². The predicted molar refractivity (Wildman–Crippen MR) is 92.7 cm³/mol. The molecule has 6 heteroatoms. The Labute approximate surface area is 143 Å². The van der Waals surface area contributed by atoms with Crippen LogP contribution in [0.1, 0.15) is 10.4 Å². The van der Waals surface area contributed by atoms with Gasteiger partial charge in [-0.1, -0.05) is 35.3 Å². The number of nitrogens with zero attached hydrogens (tertiary/aromatic N) is 1. The van der Waals surface area contributed by atoms with Gasteiger partial charge in [0.1, 0.15) is 5.75 Å². The SMILES string of the molecule is COc1cc(NC(=O)c2c(Cl)cccc2Cl)c2ncccc2c1. The Bertz CT molecular complexity index is 877. The van der Waals surface area contributed by atoms with Crippen LogP contribution in [0.2, 0.25) is 10.0 Å². The minimum Gasteiger partial charge on any atom is -0.497 e. The highest BCUT2D eigenvalue weighted by molar-refractivity contribution is 6.40. The summed E-state index contributed by atoms with van der Waals surface area (Å²) in [5.74, 6) is 0.215. The molecule has 116 valence electrons. The molecule has 0 aliphatic carbocycles. The highest BCUT2D eigenvalue weighted by Gasteiger charge is 2.16. The molecule has 0 aliphatic heterocycles. The average molecular weight is 347 g/mol. The molecule has 0 saturated heterocycles. The van der Waals surface area contributed by atoms with Gasteiger partial charge in [-0.05, 0) is 24.3 Å². The lowest BCUT2D eigenvalue weighted by atomic mass is 10.1. The molecule has 0 saturated carbocycles. The maximum atomic E-state index is 12.6. The summed E-state index contributed by atoms with van der Waals surface area (Å²) in [4.78, 5) is 16.9. The zero-order valence-electron chi connectivity index (χ0n) is 12.1. The molecule has 1 aromatic heterocycles. The number of anilines is 1. The molecule has 2 aromatic carbocycles. The molecule has 0 radical (unpaired) electrons. The standard InChI is InChI=1S/C17H12Cl2N2O2/c1-23-11-8-10-4-3-7-20-16(10)14(9-11)21-17(22)15-12(18)5-2-6-13(15)19/h2-9H,1H3,(H,21,22). The van der Waals surface area contributed by atoms with Gasteiger partial charge in [-0.2, -0.15) is 0 Å². The monoisotopic (exact) mass is 346 g/mol. The number of ether oxygens (including phenoxy) is 1. The summed E-state index contributed by atoms with van der Waals surface area (Å²) in [6.45, 7) is 0. The van der Waals surface area contributed by atoms with Crippen molar-refractivity contribution in [2.75, 3.05) is 12.4 Å². The fourth-order valence-electron chi connectivity index (χ4n) is 2.28. The van der Waals surface area contributed by atoms with E-state index in [-0.39, 0.29) is 15.6 Å². The lowest BCUT2D eigenvalue weighted by molar-refractivity contribution is 0.102. The number of halogens is 2. The van der Waals surface area contributed by atoms with Crippen LogP contribution in [0.25, 0.3) is 10.9 Å². The van der Waals surface area contributed by atoms with Crippen molar-refractivity contribution in [2.45, 2.75) is 0 Å². The quantitative estimate of drug-likeness (QED) is 0.740. The normalized spacial score (nSPS) is 10.6. The molecule has 3 aromatic rings. The molecule has 23 heavy (non-hydrogen) atoms. The van der Waals surface area contributed by atoms with E-state index < -0.39 is 5.91 Å². The minimum absolute atomic E-state index is 0.225. The van der Waals surface area contributed by atoms with Crippen molar-refractivity contribution in [1.82, 2.24) is 4.98 Å². The second kappa shape index (κ2) is 6.44. The molecule has 0 fully saturated rings. The number of nitrogens with one attached hydrogen (secondary N) is 1. The number of aromatic nitrogens is 1. The number of benzene rings is 2. The zero-order valence-corrected chi connectivity index (χ0v) is 13.7. The Kier molecular flexibility index (Phi) is 4.37. The molecular formula is C17H12Cl2N2O2. The maximum absolute atomic E-state index is 12.6. The molecule has 3 rings (SSSR count). The highest BCUT2D eigenvalue weighted by atomic mass is 35.5. The van der Waals surface area contributed by atoms with E-state index in [1.54, 1.807) is 37.6 Å². The van der Waals surface area contributed by atoms with Gasteiger partial charge in [0.05, 0.1) is 33.9 Å². The summed E-state index contributed by atoms with van der Waals surface area (Å²) in [5.41, 5.74) is 1.41.